The second kappa shape index (κ2) is 9.85. The smallest absolute Gasteiger partial charge is 0.406 e. The summed E-state index contributed by atoms with van der Waals surface area (Å²) in [5.74, 6) is -0.278. The van der Waals surface area contributed by atoms with Gasteiger partial charge < -0.3 is 19.2 Å². The van der Waals surface area contributed by atoms with Crippen molar-refractivity contribution in [3.63, 3.8) is 0 Å². The number of hydrogen-bond donors (Lipinski definition) is 1. The van der Waals surface area contributed by atoms with Gasteiger partial charge in [0.05, 0.1) is 0 Å². The Hall–Kier alpha value is -3.13. The molecule has 2 heterocycles. The van der Waals surface area contributed by atoms with Crippen molar-refractivity contribution >= 4 is 39.3 Å². The standard InChI is InChI=1S/C26H27ClF3N3O2/c1-16-20(22-14-19(35-26(28,29)30)8-10-24(22)33(16)3)5-4-12-31-25(34)11-6-17-15-32(2)23-9-7-18(27)13-21(17)23/h7-10,13-15H,4-6,11-12H2,1-3H3,(H,31,34). The summed E-state index contributed by atoms with van der Waals surface area (Å²) in [6, 6.07) is 10.1. The molecule has 2 aromatic heterocycles. The predicted octanol–water partition coefficient (Wildman–Crippen LogP) is 6.21. The van der Waals surface area contributed by atoms with Gasteiger partial charge in [-0.25, -0.2) is 0 Å². The van der Waals surface area contributed by atoms with E-state index in [2.05, 4.69) is 10.1 Å². The van der Waals surface area contributed by atoms with E-state index in [9.17, 15) is 18.0 Å². The summed E-state index contributed by atoms with van der Waals surface area (Å²) in [5, 5.41) is 5.39. The Labute approximate surface area is 206 Å². The van der Waals surface area contributed by atoms with Gasteiger partial charge in [0.25, 0.3) is 0 Å². The monoisotopic (exact) mass is 505 g/mol. The summed E-state index contributed by atoms with van der Waals surface area (Å²) in [6.07, 6.45) is -0.458. The zero-order chi connectivity index (χ0) is 25.3. The molecule has 0 bridgehead atoms. The summed E-state index contributed by atoms with van der Waals surface area (Å²) >= 11 is 6.14. The highest BCUT2D eigenvalue weighted by molar-refractivity contribution is 6.31. The van der Waals surface area contributed by atoms with Gasteiger partial charge in [-0.1, -0.05) is 11.6 Å². The average molecular weight is 506 g/mol. The van der Waals surface area contributed by atoms with Gasteiger partial charge >= 0.3 is 6.36 Å². The number of nitrogens with one attached hydrogen (secondary N) is 1. The third-order valence-corrected chi connectivity index (χ3v) is 6.64. The van der Waals surface area contributed by atoms with E-state index in [4.69, 9.17) is 11.6 Å². The van der Waals surface area contributed by atoms with Gasteiger partial charge in [0.15, 0.2) is 0 Å². The Kier molecular flexibility index (Phi) is 7.03. The highest BCUT2D eigenvalue weighted by Gasteiger charge is 2.31. The molecule has 0 unspecified atom stereocenters. The maximum absolute atomic E-state index is 12.6. The van der Waals surface area contributed by atoms with E-state index < -0.39 is 6.36 Å². The molecule has 0 aliphatic rings. The number of fused-ring (bicyclic) bond motifs is 2. The molecule has 4 rings (SSSR count). The summed E-state index contributed by atoms with van der Waals surface area (Å²) in [5.41, 5.74) is 4.91. The highest BCUT2D eigenvalue weighted by atomic mass is 35.5. The number of rotatable bonds is 8. The van der Waals surface area contributed by atoms with Gasteiger partial charge in [-0.2, -0.15) is 0 Å². The largest absolute Gasteiger partial charge is 0.573 e. The Bertz CT molecular complexity index is 1390. The molecule has 0 saturated heterocycles. The molecule has 0 saturated carbocycles. The normalized spacial score (nSPS) is 12.0. The zero-order valence-electron chi connectivity index (χ0n) is 19.8. The van der Waals surface area contributed by atoms with Crippen molar-refractivity contribution in [3.05, 3.63) is 64.4 Å². The van der Waals surface area contributed by atoms with Crippen molar-refractivity contribution in [2.45, 2.75) is 39.0 Å². The van der Waals surface area contributed by atoms with Crippen molar-refractivity contribution < 1.29 is 22.7 Å². The van der Waals surface area contributed by atoms with E-state index in [-0.39, 0.29) is 11.7 Å². The maximum Gasteiger partial charge on any atom is 0.573 e. The molecule has 4 aromatic rings. The molecule has 2 aromatic carbocycles. The molecule has 5 nitrogen and oxygen atoms in total. The summed E-state index contributed by atoms with van der Waals surface area (Å²) in [6.45, 7) is 2.42. The van der Waals surface area contributed by atoms with E-state index >= 15 is 0 Å². The molecule has 9 heteroatoms. The van der Waals surface area contributed by atoms with Crippen molar-refractivity contribution in [2.24, 2.45) is 14.1 Å². The van der Waals surface area contributed by atoms with Crippen LogP contribution >= 0.6 is 11.6 Å². The lowest BCUT2D eigenvalue weighted by Gasteiger charge is -2.09. The Balaban J connectivity index is 1.34. The molecule has 0 spiro atoms. The van der Waals surface area contributed by atoms with Crippen LogP contribution < -0.4 is 10.1 Å². The van der Waals surface area contributed by atoms with Crippen molar-refractivity contribution in [2.75, 3.05) is 6.54 Å². The lowest BCUT2D eigenvalue weighted by molar-refractivity contribution is -0.274. The first-order chi connectivity index (χ1) is 16.5. The number of aryl methyl sites for hydroxylation is 4. The molecule has 0 aliphatic carbocycles. The molecule has 1 amide bonds. The Morgan fingerprint density at radius 1 is 1.06 bits per heavy atom. The number of alkyl halides is 3. The molecule has 0 aliphatic heterocycles. The SMILES string of the molecule is Cc1c(CCCNC(=O)CCc2cn(C)c3ccc(Cl)cc23)c2cc(OC(F)(F)F)ccc2n1C. The van der Waals surface area contributed by atoms with Crippen molar-refractivity contribution in [1.82, 2.24) is 14.5 Å². The van der Waals surface area contributed by atoms with Crippen molar-refractivity contribution in [3.8, 4) is 5.75 Å². The van der Waals surface area contributed by atoms with Gasteiger partial charge in [0.1, 0.15) is 5.75 Å². The van der Waals surface area contributed by atoms with Gasteiger partial charge in [-0.05, 0) is 73.7 Å². The molecule has 0 fully saturated rings. The van der Waals surface area contributed by atoms with Crippen LogP contribution in [0.3, 0.4) is 0 Å². The number of carbonyl (C=O) groups is 1. The number of amides is 1. The van der Waals surface area contributed by atoms with Crippen LogP contribution in [0.25, 0.3) is 21.8 Å². The quantitative estimate of drug-likeness (QED) is 0.289. The first-order valence-corrected chi connectivity index (χ1v) is 11.7. The first kappa shape index (κ1) is 25.0. The fourth-order valence-electron chi connectivity index (χ4n) is 4.61. The van der Waals surface area contributed by atoms with Crippen LogP contribution in [0.5, 0.6) is 5.75 Å². The van der Waals surface area contributed by atoms with Gasteiger partial charge in [0.2, 0.25) is 5.91 Å². The Morgan fingerprint density at radius 3 is 2.54 bits per heavy atom. The predicted molar refractivity (Wildman–Crippen MR) is 132 cm³/mol. The van der Waals surface area contributed by atoms with Gasteiger partial charge in [-0.15, -0.1) is 13.2 Å². The van der Waals surface area contributed by atoms with Crippen LogP contribution in [0.15, 0.2) is 42.6 Å². The summed E-state index contributed by atoms with van der Waals surface area (Å²) < 4.78 is 46.0. The molecule has 0 radical (unpaired) electrons. The fourth-order valence-corrected chi connectivity index (χ4v) is 4.79. The van der Waals surface area contributed by atoms with Crippen LogP contribution in [-0.2, 0) is 31.7 Å². The van der Waals surface area contributed by atoms with Crippen LogP contribution in [0.4, 0.5) is 13.2 Å². The second-order valence-corrected chi connectivity index (χ2v) is 9.17. The molecular weight excluding hydrogens is 479 g/mol. The third-order valence-electron chi connectivity index (χ3n) is 6.41. The number of aromatic nitrogens is 2. The minimum absolute atomic E-state index is 0.0421. The van der Waals surface area contributed by atoms with Gasteiger partial charge in [-0.3, -0.25) is 4.79 Å². The molecular formula is C26H27ClF3N3O2. The molecule has 1 N–H and O–H groups in total. The highest BCUT2D eigenvalue weighted by Crippen LogP contribution is 2.32. The zero-order valence-corrected chi connectivity index (χ0v) is 20.6. The number of ether oxygens (including phenoxy) is 1. The summed E-state index contributed by atoms with van der Waals surface area (Å²) in [7, 11) is 3.85. The van der Waals surface area contributed by atoms with Crippen LogP contribution in [0.2, 0.25) is 5.02 Å². The first-order valence-electron chi connectivity index (χ1n) is 11.4. The van der Waals surface area contributed by atoms with Crippen LogP contribution in [0, 0.1) is 6.92 Å². The lowest BCUT2D eigenvalue weighted by atomic mass is 10.1. The number of benzene rings is 2. The number of carbonyl (C=O) groups excluding carboxylic acids is 1. The minimum atomic E-state index is -4.74. The maximum atomic E-state index is 12.6. The van der Waals surface area contributed by atoms with E-state index in [0.29, 0.717) is 37.3 Å². The summed E-state index contributed by atoms with van der Waals surface area (Å²) in [4.78, 5) is 12.4. The van der Waals surface area contributed by atoms with E-state index in [1.807, 2.05) is 54.5 Å². The van der Waals surface area contributed by atoms with Crippen molar-refractivity contribution in [1.29, 1.82) is 0 Å². The van der Waals surface area contributed by atoms with E-state index in [1.165, 1.54) is 12.1 Å². The fraction of sp³-hybridized carbons (Fsp3) is 0.346. The Morgan fingerprint density at radius 2 is 1.80 bits per heavy atom. The van der Waals surface area contributed by atoms with E-state index in [1.54, 1.807) is 6.07 Å². The number of nitrogens with zero attached hydrogens (tertiary/aromatic N) is 2. The second-order valence-electron chi connectivity index (χ2n) is 8.73. The minimum Gasteiger partial charge on any atom is -0.406 e. The molecule has 35 heavy (non-hydrogen) atoms. The topological polar surface area (TPSA) is 48.2 Å². The number of halogens is 4. The van der Waals surface area contributed by atoms with E-state index in [0.717, 1.165) is 38.6 Å². The number of hydrogen-bond acceptors (Lipinski definition) is 2. The van der Waals surface area contributed by atoms with Crippen LogP contribution in [0.1, 0.15) is 29.7 Å². The third kappa shape index (κ3) is 5.59. The molecule has 186 valence electrons. The molecule has 0 atom stereocenters. The van der Waals surface area contributed by atoms with Crippen LogP contribution in [-0.4, -0.2) is 27.9 Å². The lowest BCUT2D eigenvalue weighted by Crippen LogP contribution is -2.25. The van der Waals surface area contributed by atoms with Gasteiger partial charge in [0, 0.05) is 65.8 Å². The average Bonchev–Trinajstić information content (AvgIpc) is 3.21.